The number of carbonyl (C=O) groups is 1. The van der Waals surface area contributed by atoms with Crippen LogP contribution in [-0.2, 0) is 21.9 Å². The van der Waals surface area contributed by atoms with Crippen LogP contribution in [0.4, 0.5) is 5.69 Å². The highest BCUT2D eigenvalue weighted by Gasteiger charge is 2.44. The highest BCUT2D eigenvalue weighted by molar-refractivity contribution is 7.93. The second-order valence-electron chi connectivity index (χ2n) is 8.90. The average molecular weight is 469 g/mol. The zero-order valence-electron chi connectivity index (χ0n) is 19.1. The first kappa shape index (κ1) is 21.8. The fraction of sp³-hybridized carbons (Fsp3) is 0.400. The van der Waals surface area contributed by atoms with E-state index >= 15 is 0 Å². The average Bonchev–Trinajstić information content (AvgIpc) is 3.55. The maximum absolute atomic E-state index is 14.2. The fourth-order valence-corrected chi connectivity index (χ4v) is 6.32. The van der Waals surface area contributed by atoms with Crippen LogP contribution in [-0.4, -0.2) is 33.1 Å². The molecule has 1 amide bonds. The Bertz CT molecular complexity index is 1310. The molecule has 0 aliphatic heterocycles. The van der Waals surface area contributed by atoms with Crippen LogP contribution in [0.2, 0.25) is 0 Å². The van der Waals surface area contributed by atoms with Crippen molar-refractivity contribution in [2.45, 2.75) is 42.9 Å². The zero-order valence-corrected chi connectivity index (χ0v) is 19.9. The van der Waals surface area contributed by atoms with E-state index in [0.29, 0.717) is 35.8 Å². The first-order valence-electron chi connectivity index (χ1n) is 11.3. The van der Waals surface area contributed by atoms with Crippen LogP contribution in [0.5, 0.6) is 11.5 Å². The van der Waals surface area contributed by atoms with Crippen molar-refractivity contribution in [2.24, 2.45) is 13.0 Å². The van der Waals surface area contributed by atoms with E-state index in [1.54, 1.807) is 23.7 Å². The van der Waals surface area contributed by atoms with Crippen molar-refractivity contribution < 1.29 is 22.7 Å². The summed E-state index contributed by atoms with van der Waals surface area (Å²) in [5.74, 6) is 0.270. The van der Waals surface area contributed by atoms with Crippen LogP contribution >= 0.6 is 0 Å². The van der Waals surface area contributed by atoms with Crippen LogP contribution in [0, 0.1) is 5.92 Å². The summed E-state index contributed by atoms with van der Waals surface area (Å²) >= 11 is 0. The third-order valence-corrected chi connectivity index (χ3v) is 8.52. The second-order valence-corrected chi connectivity index (χ2v) is 10.7. The molecule has 0 atom stereocenters. The second kappa shape index (κ2) is 8.09. The van der Waals surface area contributed by atoms with Gasteiger partial charge in [0.05, 0.1) is 19.7 Å². The summed E-state index contributed by atoms with van der Waals surface area (Å²) in [5, 5.41) is 0.789. The van der Waals surface area contributed by atoms with Crippen molar-refractivity contribution in [3.63, 3.8) is 0 Å². The lowest BCUT2D eigenvalue weighted by atomic mass is 9.80. The number of aryl methyl sites for hydroxylation is 1. The van der Waals surface area contributed by atoms with Crippen LogP contribution in [0.25, 0.3) is 10.9 Å². The van der Waals surface area contributed by atoms with Gasteiger partial charge < -0.3 is 14.0 Å². The number of aromatic nitrogens is 1. The number of rotatable bonds is 7. The van der Waals surface area contributed by atoms with Crippen molar-refractivity contribution in [1.29, 1.82) is 0 Å². The van der Waals surface area contributed by atoms with Gasteiger partial charge in [-0.25, -0.2) is 8.42 Å². The van der Waals surface area contributed by atoms with E-state index < -0.39 is 15.9 Å². The van der Waals surface area contributed by atoms with Gasteiger partial charge in [0.15, 0.2) is 0 Å². The van der Waals surface area contributed by atoms with E-state index in [4.69, 9.17) is 9.47 Å². The molecule has 174 valence electrons. The number of para-hydroxylation sites is 1. The van der Waals surface area contributed by atoms with Crippen molar-refractivity contribution in [1.82, 2.24) is 4.57 Å². The number of benzene rings is 2. The predicted octanol–water partition coefficient (Wildman–Crippen LogP) is 4.59. The highest BCUT2D eigenvalue weighted by Crippen LogP contribution is 2.48. The SMILES string of the molecule is COc1cc(C2CCC2)cc(OC)c1N(C(=O)C1CC1)S(=O)(=O)c1cccc2ccn(C)c12. The Labute approximate surface area is 194 Å². The molecule has 2 aliphatic carbocycles. The molecule has 5 rings (SSSR count). The Balaban J connectivity index is 1.74. The number of ether oxygens (including phenoxy) is 2. The van der Waals surface area contributed by atoms with E-state index in [0.717, 1.165) is 28.1 Å². The Kier molecular flexibility index (Phi) is 5.35. The van der Waals surface area contributed by atoms with E-state index in [2.05, 4.69) is 0 Å². The molecule has 2 saturated carbocycles. The van der Waals surface area contributed by atoms with Gasteiger partial charge in [0, 0.05) is 24.5 Å². The zero-order chi connectivity index (χ0) is 23.3. The Hall–Kier alpha value is -3.00. The van der Waals surface area contributed by atoms with Gasteiger partial charge in [-0.15, -0.1) is 0 Å². The first-order chi connectivity index (χ1) is 15.9. The molecular weight excluding hydrogens is 440 g/mol. The topological polar surface area (TPSA) is 77.8 Å². The van der Waals surface area contributed by atoms with Crippen LogP contribution in [0.1, 0.15) is 43.6 Å². The molecule has 0 unspecified atom stereocenters. The third-order valence-electron chi connectivity index (χ3n) is 6.79. The molecule has 2 aliphatic rings. The van der Waals surface area contributed by atoms with Crippen LogP contribution in [0.15, 0.2) is 47.5 Å². The van der Waals surface area contributed by atoms with Crippen molar-refractivity contribution in [3.8, 4) is 11.5 Å². The van der Waals surface area contributed by atoms with E-state index in [1.165, 1.54) is 20.6 Å². The van der Waals surface area contributed by atoms with Gasteiger partial charge >= 0.3 is 0 Å². The Morgan fingerprint density at radius 3 is 2.24 bits per heavy atom. The smallest absolute Gasteiger partial charge is 0.273 e. The number of anilines is 1. The number of sulfonamides is 1. The lowest BCUT2D eigenvalue weighted by molar-refractivity contribution is -0.118. The van der Waals surface area contributed by atoms with Crippen molar-refractivity contribution in [3.05, 3.63) is 48.2 Å². The number of hydrogen-bond donors (Lipinski definition) is 0. The van der Waals surface area contributed by atoms with Crippen molar-refractivity contribution in [2.75, 3.05) is 18.5 Å². The predicted molar refractivity (Wildman–Crippen MR) is 126 cm³/mol. The molecular formula is C25H28N2O5S. The molecule has 2 fully saturated rings. The molecule has 1 heterocycles. The van der Waals surface area contributed by atoms with Crippen LogP contribution < -0.4 is 13.8 Å². The van der Waals surface area contributed by atoms with Gasteiger partial charge in [-0.1, -0.05) is 18.6 Å². The summed E-state index contributed by atoms with van der Waals surface area (Å²) in [5.41, 5.74) is 1.74. The standard InChI is InChI=1S/C25H28N2O5S/c1-26-13-12-17-8-5-9-22(23(17)26)33(29,30)27(25(28)18-10-11-18)24-20(31-2)14-19(15-21(24)32-3)16-6-4-7-16/h5,8-9,12-16,18H,4,6-7,10-11H2,1-3H3. The summed E-state index contributed by atoms with van der Waals surface area (Å²) in [7, 11) is 0.517. The van der Waals surface area contributed by atoms with Gasteiger partial charge in [-0.3, -0.25) is 4.79 Å². The number of methoxy groups -OCH3 is 2. The summed E-state index contributed by atoms with van der Waals surface area (Å²) in [6.45, 7) is 0. The molecule has 7 nitrogen and oxygen atoms in total. The minimum absolute atomic E-state index is 0.0775. The normalized spacial score (nSPS) is 16.5. The number of amides is 1. The first-order valence-corrected chi connectivity index (χ1v) is 12.7. The molecule has 8 heteroatoms. The van der Waals surface area contributed by atoms with Gasteiger partial charge in [0.25, 0.3) is 10.0 Å². The van der Waals surface area contributed by atoms with Gasteiger partial charge in [-0.2, -0.15) is 4.31 Å². The molecule has 3 aromatic rings. The highest BCUT2D eigenvalue weighted by atomic mass is 32.2. The third kappa shape index (κ3) is 3.57. The number of hydrogen-bond acceptors (Lipinski definition) is 5. The quantitative estimate of drug-likeness (QED) is 0.507. The maximum atomic E-state index is 14.2. The van der Waals surface area contributed by atoms with E-state index in [-0.39, 0.29) is 16.5 Å². The molecule has 0 radical (unpaired) electrons. The monoisotopic (exact) mass is 468 g/mol. The summed E-state index contributed by atoms with van der Waals surface area (Å²) in [4.78, 5) is 13.6. The van der Waals surface area contributed by atoms with E-state index in [9.17, 15) is 13.2 Å². The number of fused-ring (bicyclic) bond motifs is 1. The molecule has 0 N–H and O–H groups in total. The van der Waals surface area contributed by atoms with Gasteiger partial charge in [-0.05, 0) is 61.4 Å². The minimum atomic E-state index is -4.26. The van der Waals surface area contributed by atoms with Crippen molar-refractivity contribution >= 4 is 32.5 Å². The Morgan fingerprint density at radius 2 is 1.70 bits per heavy atom. The fourth-order valence-electron chi connectivity index (χ4n) is 4.56. The molecule has 0 spiro atoms. The van der Waals surface area contributed by atoms with Crippen LogP contribution in [0.3, 0.4) is 0 Å². The number of nitrogens with zero attached hydrogens (tertiary/aromatic N) is 2. The summed E-state index contributed by atoms with van der Waals surface area (Å²) < 4.78 is 42.4. The molecule has 1 aromatic heterocycles. The molecule has 2 aromatic carbocycles. The lowest BCUT2D eigenvalue weighted by Crippen LogP contribution is -2.39. The number of carbonyl (C=O) groups excluding carboxylic acids is 1. The maximum Gasteiger partial charge on any atom is 0.273 e. The Morgan fingerprint density at radius 1 is 1.03 bits per heavy atom. The van der Waals surface area contributed by atoms with E-state index in [1.807, 2.05) is 30.5 Å². The van der Waals surface area contributed by atoms with Gasteiger partial charge in [0.2, 0.25) is 5.91 Å². The minimum Gasteiger partial charge on any atom is -0.494 e. The largest absolute Gasteiger partial charge is 0.494 e. The summed E-state index contributed by atoms with van der Waals surface area (Å²) in [6, 6.07) is 10.7. The lowest BCUT2D eigenvalue weighted by Gasteiger charge is -2.30. The molecule has 0 saturated heterocycles. The summed E-state index contributed by atoms with van der Waals surface area (Å²) in [6.07, 6.45) is 6.46. The molecule has 33 heavy (non-hydrogen) atoms. The van der Waals surface area contributed by atoms with Gasteiger partial charge in [0.1, 0.15) is 22.1 Å². The molecule has 0 bridgehead atoms.